The summed E-state index contributed by atoms with van der Waals surface area (Å²) in [6.45, 7) is 2.16. The molecule has 1 aromatic heterocycles. The third-order valence-electron chi connectivity index (χ3n) is 4.42. The summed E-state index contributed by atoms with van der Waals surface area (Å²) in [5.74, 6) is 0.593. The molecule has 0 N–H and O–H groups in total. The highest BCUT2D eigenvalue weighted by Crippen LogP contribution is 2.11. The van der Waals surface area contributed by atoms with E-state index >= 15 is 0 Å². The maximum absolute atomic E-state index is 12.9. The van der Waals surface area contributed by atoms with Crippen LogP contribution >= 0.6 is 0 Å². The van der Waals surface area contributed by atoms with Crippen molar-refractivity contribution < 1.29 is 18.4 Å². The Morgan fingerprint density at radius 3 is 2.20 bits per heavy atom. The Kier molecular flexibility index (Phi) is 5.48. The molecule has 0 aliphatic carbocycles. The Balaban J connectivity index is 1.43. The molecule has 25 heavy (non-hydrogen) atoms. The average molecular weight is 344 g/mol. The van der Waals surface area contributed by atoms with Gasteiger partial charge in [0.15, 0.2) is 0 Å². The molecule has 1 aliphatic heterocycles. The average Bonchev–Trinajstić information content (AvgIpc) is 3.15. The van der Waals surface area contributed by atoms with Crippen molar-refractivity contribution in [2.75, 3.05) is 26.2 Å². The summed E-state index contributed by atoms with van der Waals surface area (Å²) in [4.78, 5) is 28.1. The molecule has 2 aromatic rings. The number of rotatable bonds is 5. The number of carbonyl (C=O) groups is 2. The van der Waals surface area contributed by atoms with Gasteiger partial charge in [0.1, 0.15) is 11.6 Å². The van der Waals surface area contributed by atoms with Crippen molar-refractivity contribution >= 4 is 11.8 Å². The summed E-state index contributed by atoms with van der Waals surface area (Å²) in [5, 5.41) is 0. The lowest BCUT2D eigenvalue weighted by molar-refractivity contribution is -0.139. The van der Waals surface area contributed by atoms with Crippen LogP contribution in [-0.4, -0.2) is 47.8 Å². The number of amides is 2. The first-order valence-corrected chi connectivity index (χ1v) is 8.44. The normalized spacial score (nSPS) is 14.6. The number of furan rings is 1. The molecule has 0 atom stereocenters. The fourth-order valence-corrected chi connectivity index (χ4v) is 2.94. The van der Waals surface area contributed by atoms with Crippen LogP contribution in [0.2, 0.25) is 0 Å². The van der Waals surface area contributed by atoms with Gasteiger partial charge in [-0.3, -0.25) is 9.59 Å². The van der Waals surface area contributed by atoms with Crippen molar-refractivity contribution in [1.29, 1.82) is 0 Å². The third-order valence-corrected chi connectivity index (χ3v) is 4.42. The van der Waals surface area contributed by atoms with E-state index in [4.69, 9.17) is 4.42 Å². The van der Waals surface area contributed by atoms with E-state index < -0.39 is 0 Å². The fourth-order valence-electron chi connectivity index (χ4n) is 2.94. The van der Waals surface area contributed by atoms with Gasteiger partial charge >= 0.3 is 0 Å². The molecule has 6 heteroatoms. The van der Waals surface area contributed by atoms with Crippen LogP contribution in [0.25, 0.3) is 0 Å². The Labute approximate surface area is 146 Å². The van der Waals surface area contributed by atoms with Gasteiger partial charge in [-0.05, 0) is 29.8 Å². The van der Waals surface area contributed by atoms with Crippen molar-refractivity contribution in [2.24, 2.45) is 0 Å². The highest BCUT2D eigenvalue weighted by atomic mass is 19.1. The van der Waals surface area contributed by atoms with Gasteiger partial charge in [0.2, 0.25) is 11.8 Å². The minimum atomic E-state index is -0.308. The molecular formula is C19H21FN2O3. The van der Waals surface area contributed by atoms with E-state index in [9.17, 15) is 14.0 Å². The van der Waals surface area contributed by atoms with Crippen molar-refractivity contribution in [3.8, 4) is 0 Å². The minimum Gasteiger partial charge on any atom is -0.469 e. The second-order valence-electron chi connectivity index (χ2n) is 6.14. The molecule has 132 valence electrons. The van der Waals surface area contributed by atoms with E-state index in [-0.39, 0.29) is 24.1 Å². The second-order valence-corrected chi connectivity index (χ2v) is 6.14. The summed E-state index contributed by atoms with van der Waals surface area (Å²) in [6.07, 6.45) is 2.87. The number of hydrogen-bond acceptors (Lipinski definition) is 3. The van der Waals surface area contributed by atoms with E-state index in [1.165, 1.54) is 12.1 Å². The highest BCUT2D eigenvalue weighted by Gasteiger charge is 2.24. The summed E-state index contributed by atoms with van der Waals surface area (Å²) >= 11 is 0. The lowest BCUT2D eigenvalue weighted by atomic mass is 10.1. The molecule has 3 rings (SSSR count). The van der Waals surface area contributed by atoms with Gasteiger partial charge in [-0.2, -0.15) is 0 Å². The van der Waals surface area contributed by atoms with Crippen molar-refractivity contribution in [1.82, 2.24) is 9.80 Å². The molecule has 1 aromatic carbocycles. The fraction of sp³-hybridized carbons (Fsp3) is 0.368. The van der Waals surface area contributed by atoms with E-state index in [0.717, 1.165) is 11.3 Å². The molecule has 1 aliphatic rings. The van der Waals surface area contributed by atoms with Crippen LogP contribution in [0.15, 0.2) is 47.1 Å². The van der Waals surface area contributed by atoms with Gasteiger partial charge in [0.25, 0.3) is 0 Å². The second kappa shape index (κ2) is 7.96. The quantitative estimate of drug-likeness (QED) is 0.836. The standard InChI is InChI=1S/C19H21FN2O3/c20-16-5-3-15(4-6-16)14-19(24)22-11-9-21(10-12-22)18(23)8-7-17-2-1-13-25-17/h1-6,13H,7-12,14H2. The number of piperazine rings is 1. The Morgan fingerprint density at radius 2 is 1.60 bits per heavy atom. The number of halogens is 1. The smallest absolute Gasteiger partial charge is 0.227 e. The van der Waals surface area contributed by atoms with E-state index in [1.54, 1.807) is 28.2 Å². The van der Waals surface area contributed by atoms with Gasteiger partial charge < -0.3 is 14.2 Å². The number of nitrogens with zero attached hydrogens (tertiary/aromatic N) is 2. The molecule has 0 bridgehead atoms. The monoisotopic (exact) mass is 344 g/mol. The van der Waals surface area contributed by atoms with Crippen LogP contribution in [0.1, 0.15) is 17.7 Å². The van der Waals surface area contributed by atoms with Crippen LogP contribution in [0.5, 0.6) is 0 Å². The van der Waals surface area contributed by atoms with Crippen LogP contribution < -0.4 is 0 Å². The predicted octanol–water partition coefficient (Wildman–Crippen LogP) is 2.26. The Bertz CT molecular complexity index is 705. The van der Waals surface area contributed by atoms with Crippen molar-refractivity contribution in [2.45, 2.75) is 19.3 Å². The lowest BCUT2D eigenvalue weighted by Crippen LogP contribution is -2.51. The van der Waals surface area contributed by atoms with E-state index in [2.05, 4.69) is 0 Å². The van der Waals surface area contributed by atoms with Gasteiger partial charge in [0, 0.05) is 39.0 Å². The zero-order valence-corrected chi connectivity index (χ0v) is 14.0. The Hall–Kier alpha value is -2.63. The molecule has 0 saturated carbocycles. The maximum atomic E-state index is 12.9. The van der Waals surface area contributed by atoms with E-state index in [0.29, 0.717) is 39.0 Å². The number of carbonyl (C=O) groups excluding carboxylic acids is 2. The zero-order chi connectivity index (χ0) is 17.6. The summed E-state index contributed by atoms with van der Waals surface area (Å²) in [7, 11) is 0. The number of aryl methyl sites for hydroxylation is 1. The number of hydrogen-bond donors (Lipinski definition) is 0. The molecule has 0 radical (unpaired) electrons. The van der Waals surface area contributed by atoms with Crippen LogP contribution in [0, 0.1) is 5.82 Å². The molecule has 2 heterocycles. The topological polar surface area (TPSA) is 53.8 Å². The summed E-state index contributed by atoms with van der Waals surface area (Å²) in [6, 6.07) is 9.64. The number of benzene rings is 1. The van der Waals surface area contributed by atoms with Crippen LogP contribution in [0.3, 0.4) is 0 Å². The molecule has 0 spiro atoms. The molecule has 5 nitrogen and oxygen atoms in total. The Morgan fingerprint density at radius 1 is 0.960 bits per heavy atom. The molecule has 1 saturated heterocycles. The first kappa shape index (κ1) is 17.2. The van der Waals surface area contributed by atoms with Crippen molar-refractivity contribution in [3.63, 3.8) is 0 Å². The molecule has 2 amide bonds. The first-order valence-electron chi connectivity index (χ1n) is 8.44. The molecule has 0 unspecified atom stereocenters. The highest BCUT2D eigenvalue weighted by molar-refractivity contribution is 5.80. The first-order chi connectivity index (χ1) is 12.1. The predicted molar refractivity (Wildman–Crippen MR) is 90.3 cm³/mol. The maximum Gasteiger partial charge on any atom is 0.227 e. The van der Waals surface area contributed by atoms with Crippen molar-refractivity contribution in [3.05, 3.63) is 59.8 Å². The summed E-state index contributed by atoms with van der Waals surface area (Å²) in [5.41, 5.74) is 0.795. The largest absolute Gasteiger partial charge is 0.469 e. The molecule has 1 fully saturated rings. The van der Waals surface area contributed by atoms with Gasteiger partial charge in [-0.15, -0.1) is 0 Å². The van der Waals surface area contributed by atoms with Gasteiger partial charge in [-0.25, -0.2) is 4.39 Å². The SMILES string of the molecule is O=C(CCc1ccco1)N1CCN(C(=O)Cc2ccc(F)cc2)CC1. The minimum absolute atomic E-state index is 0.00860. The molecular weight excluding hydrogens is 323 g/mol. The van der Waals surface area contributed by atoms with Crippen LogP contribution in [0.4, 0.5) is 4.39 Å². The summed E-state index contributed by atoms with van der Waals surface area (Å²) < 4.78 is 18.1. The zero-order valence-electron chi connectivity index (χ0n) is 14.0. The van der Waals surface area contributed by atoms with Crippen LogP contribution in [-0.2, 0) is 22.4 Å². The van der Waals surface area contributed by atoms with Gasteiger partial charge in [0.05, 0.1) is 12.7 Å². The van der Waals surface area contributed by atoms with Gasteiger partial charge in [-0.1, -0.05) is 12.1 Å². The van der Waals surface area contributed by atoms with E-state index in [1.807, 2.05) is 12.1 Å². The lowest BCUT2D eigenvalue weighted by Gasteiger charge is -2.35. The third kappa shape index (κ3) is 4.68.